The van der Waals surface area contributed by atoms with Gasteiger partial charge in [0.15, 0.2) is 11.5 Å². The van der Waals surface area contributed by atoms with Crippen molar-refractivity contribution in [1.82, 2.24) is 14.4 Å². The van der Waals surface area contributed by atoms with Gasteiger partial charge in [-0.15, -0.1) is 0 Å². The third-order valence-electron chi connectivity index (χ3n) is 3.62. The van der Waals surface area contributed by atoms with Gasteiger partial charge in [0.05, 0.1) is 32.1 Å². The van der Waals surface area contributed by atoms with Gasteiger partial charge < -0.3 is 24.5 Å². The van der Waals surface area contributed by atoms with E-state index in [1.54, 1.807) is 6.20 Å². The lowest BCUT2D eigenvalue weighted by Crippen LogP contribution is -2.48. The second-order valence-electron chi connectivity index (χ2n) is 5.14. The second kappa shape index (κ2) is 6.28. The summed E-state index contributed by atoms with van der Waals surface area (Å²) >= 11 is 0. The fraction of sp³-hybridized carbons (Fsp3) is 0.571. The fourth-order valence-corrected chi connectivity index (χ4v) is 2.53. The Kier molecular flexibility index (Phi) is 4.21. The summed E-state index contributed by atoms with van der Waals surface area (Å²) in [6.45, 7) is 4.89. The number of ether oxygens (including phenoxy) is 1. The molecule has 0 aliphatic carbocycles. The number of fused-ring (bicyclic) bond motifs is 1. The zero-order valence-electron chi connectivity index (χ0n) is 12.2. The molecular weight excluding hydrogens is 270 g/mol. The number of aromatic nitrogens is 3. The van der Waals surface area contributed by atoms with Crippen LogP contribution in [-0.2, 0) is 4.74 Å². The molecule has 2 N–H and O–H groups in total. The molecule has 0 radical (unpaired) electrons. The van der Waals surface area contributed by atoms with Gasteiger partial charge in [-0.1, -0.05) is 6.92 Å². The normalized spacial score (nSPS) is 19.1. The molecule has 1 aliphatic heterocycles. The maximum atomic E-state index is 9.56. The van der Waals surface area contributed by atoms with Crippen molar-refractivity contribution in [3.63, 3.8) is 0 Å². The van der Waals surface area contributed by atoms with Crippen molar-refractivity contribution in [2.75, 3.05) is 43.1 Å². The summed E-state index contributed by atoms with van der Waals surface area (Å²) in [6.07, 6.45) is 6.65. The summed E-state index contributed by atoms with van der Waals surface area (Å²) < 4.78 is 7.40. The molecule has 2 aromatic rings. The number of hydrogen-bond acceptors (Lipinski definition) is 6. The molecule has 0 aromatic carbocycles. The van der Waals surface area contributed by atoms with Crippen molar-refractivity contribution in [2.24, 2.45) is 0 Å². The number of imidazole rings is 1. The van der Waals surface area contributed by atoms with Crippen LogP contribution in [0.15, 0.2) is 18.6 Å². The summed E-state index contributed by atoms with van der Waals surface area (Å²) in [5.41, 5.74) is 0.803. The highest BCUT2D eigenvalue weighted by Crippen LogP contribution is 2.24. The number of aliphatic hydroxyl groups excluding tert-OH is 1. The number of anilines is 2. The van der Waals surface area contributed by atoms with Crippen LogP contribution in [-0.4, -0.2) is 58.4 Å². The van der Waals surface area contributed by atoms with Gasteiger partial charge in [-0.2, -0.15) is 0 Å². The maximum absolute atomic E-state index is 9.56. The highest BCUT2D eigenvalue weighted by molar-refractivity contribution is 5.67. The van der Waals surface area contributed by atoms with Gasteiger partial charge in [0.25, 0.3) is 0 Å². The van der Waals surface area contributed by atoms with Gasteiger partial charge in [0.2, 0.25) is 0 Å². The fourth-order valence-electron chi connectivity index (χ4n) is 2.53. The third-order valence-corrected chi connectivity index (χ3v) is 3.62. The minimum absolute atomic E-state index is 0.0428. The predicted octanol–water partition coefficient (Wildman–Crippen LogP) is 0.749. The SMILES string of the molecule is CCCNc1cn2ccnc2c(N2CCOCC2CO)n1. The van der Waals surface area contributed by atoms with Crippen molar-refractivity contribution in [3.05, 3.63) is 18.6 Å². The molecule has 7 heteroatoms. The second-order valence-corrected chi connectivity index (χ2v) is 5.14. The zero-order valence-corrected chi connectivity index (χ0v) is 12.2. The number of morpholine rings is 1. The van der Waals surface area contributed by atoms with Crippen molar-refractivity contribution in [1.29, 1.82) is 0 Å². The Morgan fingerprint density at radius 2 is 2.43 bits per heavy atom. The molecule has 0 saturated carbocycles. The molecule has 1 unspecified atom stereocenters. The topological polar surface area (TPSA) is 74.9 Å². The summed E-state index contributed by atoms with van der Waals surface area (Å²) in [5, 5.41) is 12.9. The van der Waals surface area contributed by atoms with Crippen LogP contribution in [0.25, 0.3) is 5.65 Å². The molecule has 1 saturated heterocycles. The van der Waals surface area contributed by atoms with Crippen LogP contribution in [0.4, 0.5) is 11.6 Å². The minimum Gasteiger partial charge on any atom is -0.394 e. The van der Waals surface area contributed by atoms with Gasteiger partial charge in [-0.05, 0) is 6.42 Å². The van der Waals surface area contributed by atoms with Crippen LogP contribution in [0.2, 0.25) is 0 Å². The number of hydrogen-bond donors (Lipinski definition) is 2. The first-order valence-electron chi connectivity index (χ1n) is 7.36. The number of aliphatic hydroxyl groups is 1. The predicted molar refractivity (Wildman–Crippen MR) is 80.8 cm³/mol. The van der Waals surface area contributed by atoms with Crippen LogP contribution in [0.1, 0.15) is 13.3 Å². The molecule has 0 bridgehead atoms. The number of nitrogens with one attached hydrogen (secondary N) is 1. The molecule has 1 atom stereocenters. The van der Waals surface area contributed by atoms with E-state index in [1.807, 2.05) is 16.8 Å². The van der Waals surface area contributed by atoms with Crippen molar-refractivity contribution in [2.45, 2.75) is 19.4 Å². The first-order valence-corrected chi connectivity index (χ1v) is 7.36. The molecule has 7 nitrogen and oxygen atoms in total. The molecule has 0 amide bonds. The minimum atomic E-state index is -0.0758. The third kappa shape index (κ3) is 2.79. The van der Waals surface area contributed by atoms with Crippen LogP contribution >= 0.6 is 0 Å². The van der Waals surface area contributed by atoms with Gasteiger partial charge in [-0.3, -0.25) is 0 Å². The Bertz CT molecular complexity index is 600. The standard InChI is InChI=1S/C14H21N5O2/c1-2-3-15-12-8-18-5-4-16-13(18)14(17-12)19-6-7-21-10-11(19)9-20/h4-5,8,11,15,20H,2-3,6-7,9-10H2,1H3. The monoisotopic (exact) mass is 291 g/mol. The van der Waals surface area contributed by atoms with Gasteiger partial charge >= 0.3 is 0 Å². The van der Waals surface area contributed by atoms with Crippen LogP contribution in [0.5, 0.6) is 0 Å². The molecule has 3 heterocycles. The molecule has 2 aromatic heterocycles. The molecular formula is C14H21N5O2. The van der Waals surface area contributed by atoms with Crippen molar-refractivity contribution < 1.29 is 9.84 Å². The zero-order chi connectivity index (χ0) is 14.7. The Morgan fingerprint density at radius 1 is 1.52 bits per heavy atom. The van der Waals surface area contributed by atoms with Gasteiger partial charge in [0.1, 0.15) is 5.82 Å². The summed E-state index contributed by atoms with van der Waals surface area (Å²) in [6, 6.07) is -0.0758. The van der Waals surface area contributed by atoms with Gasteiger partial charge in [0, 0.05) is 25.5 Å². The van der Waals surface area contributed by atoms with E-state index in [-0.39, 0.29) is 12.6 Å². The van der Waals surface area contributed by atoms with Crippen molar-refractivity contribution in [3.8, 4) is 0 Å². The van der Waals surface area contributed by atoms with E-state index in [9.17, 15) is 5.11 Å². The van der Waals surface area contributed by atoms with E-state index >= 15 is 0 Å². The lowest BCUT2D eigenvalue weighted by Gasteiger charge is -2.35. The average molecular weight is 291 g/mol. The highest BCUT2D eigenvalue weighted by atomic mass is 16.5. The van der Waals surface area contributed by atoms with Crippen LogP contribution < -0.4 is 10.2 Å². The number of nitrogens with zero attached hydrogens (tertiary/aromatic N) is 4. The Morgan fingerprint density at radius 3 is 3.24 bits per heavy atom. The van der Waals surface area contributed by atoms with Crippen molar-refractivity contribution >= 4 is 17.3 Å². The lowest BCUT2D eigenvalue weighted by atomic mass is 10.2. The number of rotatable bonds is 5. The Balaban J connectivity index is 2.00. The first kappa shape index (κ1) is 14.1. The van der Waals surface area contributed by atoms with Crippen LogP contribution in [0, 0.1) is 0 Å². The molecule has 0 spiro atoms. The highest BCUT2D eigenvalue weighted by Gasteiger charge is 2.26. The smallest absolute Gasteiger partial charge is 0.180 e. The van der Waals surface area contributed by atoms with E-state index in [0.29, 0.717) is 19.8 Å². The maximum Gasteiger partial charge on any atom is 0.180 e. The molecule has 1 fully saturated rings. The Hall–Kier alpha value is -1.86. The summed E-state index contributed by atoms with van der Waals surface area (Å²) in [5.74, 6) is 1.61. The first-order chi connectivity index (χ1) is 10.3. The Labute approximate surface area is 123 Å². The lowest BCUT2D eigenvalue weighted by molar-refractivity contribution is 0.0724. The van der Waals surface area contributed by atoms with Crippen LogP contribution in [0.3, 0.4) is 0 Å². The van der Waals surface area contributed by atoms with E-state index in [4.69, 9.17) is 9.72 Å². The molecule has 21 heavy (non-hydrogen) atoms. The average Bonchev–Trinajstić information content (AvgIpc) is 3.00. The molecule has 1 aliphatic rings. The van der Waals surface area contributed by atoms with Gasteiger partial charge in [-0.25, -0.2) is 9.97 Å². The summed E-state index contributed by atoms with van der Waals surface area (Å²) in [7, 11) is 0. The van der Waals surface area contributed by atoms with E-state index in [2.05, 4.69) is 22.1 Å². The quantitative estimate of drug-likeness (QED) is 0.847. The largest absolute Gasteiger partial charge is 0.394 e. The molecule has 3 rings (SSSR count). The molecule has 114 valence electrons. The van der Waals surface area contributed by atoms with E-state index in [1.165, 1.54) is 0 Å². The summed E-state index contributed by atoms with van der Waals surface area (Å²) in [4.78, 5) is 11.2. The van der Waals surface area contributed by atoms with E-state index < -0.39 is 0 Å². The van der Waals surface area contributed by atoms with E-state index in [0.717, 1.165) is 30.2 Å².